The normalized spacial score (nSPS) is 11.5. The maximum Gasteiger partial charge on any atom is 0.189 e. The third kappa shape index (κ3) is 2.68. The molecule has 0 aliphatic heterocycles. The Bertz CT molecular complexity index is 694. The lowest BCUT2D eigenvalue weighted by Gasteiger charge is -2.09. The molecule has 0 aliphatic carbocycles. The summed E-state index contributed by atoms with van der Waals surface area (Å²) in [4.78, 5) is 4.00. The predicted molar refractivity (Wildman–Crippen MR) is 69.3 cm³/mol. The van der Waals surface area contributed by atoms with Gasteiger partial charge in [-0.3, -0.25) is 4.68 Å². The topological polar surface area (TPSA) is 100 Å². The van der Waals surface area contributed by atoms with Crippen LogP contribution in [0.15, 0.2) is 29.4 Å². The highest BCUT2D eigenvalue weighted by Gasteiger charge is 2.22. The van der Waals surface area contributed by atoms with Crippen LogP contribution in [-0.4, -0.2) is 30.3 Å². The number of sulfone groups is 1. The number of anilines is 1. The quantitative estimate of drug-likeness (QED) is 0.814. The molecule has 0 amide bonds. The minimum atomic E-state index is -3.57. The fourth-order valence-electron chi connectivity index (χ4n) is 1.64. The third-order valence-electron chi connectivity index (χ3n) is 2.65. The van der Waals surface area contributed by atoms with Gasteiger partial charge in [-0.25, -0.2) is 13.4 Å². The van der Waals surface area contributed by atoms with E-state index >= 15 is 0 Å². The Labute approximate surface area is 110 Å². The highest BCUT2D eigenvalue weighted by molar-refractivity contribution is 7.90. The van der Waals surface area contributed by atoms with Gasteiger partial charge in [-0.05, 0) is 12.1 Å². The maximum atomic E-state index is 12.3. The van der Waals surface area contributed by atoms with Crippen molar-refractivity contribution in [3.63, 3.8) is 0 Å². The van der Waals surface area contributed by atoms with Crippen molar-refractivity contribution >= 4 is 15.5 Å². The van der Waals surface area contributed by atoms with E-state index in [9.17, 15) is 8.42 Å². The van der Waals surface area contributed by atoms with E-state index in [0.717, 1.165) is 0 Å². The first-order valence-electron chi connectivity index (χ1n) is 5.43. The molecule has 0 radical (unpaired) electrons. The number of nitrogens with two attached hydrogens (primary N) is 1. The molecule has 1 aromatic carbocycles. The van der Waals surface area contributed by atoms with Crippen LogP contribution in [-0.2, 0) is 22.6 Å². The molecule has 0 atom stereocenters. The van der Waals surface area contributed by atoms with Gasteiger partial charge in [-0.2, -0.15) is 5.10 Å². The van der Waals surface area contributed by atoms with Gasteiger partial charge in [0.25, 0.3) is 0 Å². The molecule has 0 unspecified atom stereocenters. The number of ether oxygens (including phenoxy) is 1. The lowest BCUT2D eigenvalue weighted by atomic mass is 10.3. The van der Waals surface area contributed by atoms with Crippen molar-refractivity contribution in [3.8, 4) is 5.75 Å². The van der Waals surface area contributed by atoms with E-state index in [1.165, 1.54) is 36.3 Å². The zero-order chi connectivity index (χ0) is 14.0. The molecule has 0 fully saturated rings. The molecule has 0 saturated heterocycles. The molecule has 0 bridgehead atoms. The fraction of sp³-hybridized carbons (Fsp3) is 0.273. The monoisotopic (exact) mass is 282 g/mol. The standard InChI is InChI=1S/C11H14N4O3S/c1-15-11(13-7-14-15)6-19(16,17)10-4-3-8(12)5-9(10)18-2/h3-5,7H,6,12H2,1-2H3. The molecule has 2 rings (SSSR count). The van der Waals surface area contributed by atoms with E-state index in [2.05, 4.69) is 10.1 Å². The number of nitrogen functional groups attached to an aromatic ring is 1. The van der Waals surface area contributed by atoms with Gasteiger partial charge in [-0.15, -0.1) is 0 Å². The molecule has 19 heavy (non-hydrogen) atoms. The van der Waals surface area contributed by atoms with Crippen molar-refractivity contribution in [2.45, 2.75) is 10.6 Å². The van der Waals surface area contributed by atoms with Crippen LogP contribution in [0.3, 0.4) is 0 Å². The molecule has 8 heteroatoms. The summed E-state index contributed by atoms with van der Waals surface area (Å²) in [6, 6.07) is 4.43. The van der Waals surface area contributed by atoms with Gasteiger partial charge in [0.15, 0.2) is 9.84 Å². The number of aryl methyl sites for hydroxylation is 1. The summed E-state index contributed by atoms with van der Waals surface area (Å²) in [7, 11) is -0.533. The summed E-state index contributed by atoms with van der Waals surface area (Å²) in [5.41, 5.74) is 6.04. The minimum absolute atomic E-state index is 0.0900. The number of benzene rings is 1. The second-order valence-corrected chi connectivity index (χ2v) is 5.93. The van der Waals surface area contributed by atoms with E-state index in [4.69, 9.17) is 10.5 Å². The number of hydrogen-bond donors (Lipinski definition) is 1. The number of nitrogens with zero attached hydrogens (tertiary/aromatic N) is 3. The molecule has 2 N–H and O–H groups in total. The van der Waals surface area contributed by atoms with Gasteiger partial charge in [0.2, 0.25) is 0 Å². The molecule has 7 nitrogen and oxygen atoms in total. The van der Waals surface area contributed by atoms with Crippen LogP contribution in [0, 0.1) is 0 Å². The van der Waals surface area contributed by atoms with Gasteiger partial charge in [-0.1, -0.05) is 0 Å². The summed E-state index contributed by atoms with van der Waals surface area (Å²) < 4.78 is 31.2. The first-order valence-corrected chi connectivity index (χ1v) is 7.08. The maximum absolute atomic E-state index is 12.3. The first kappa shape index (κ1) is 13.3. The molecular formula is C11H14N4O3S. The van der Waals surface area contributed by atoms with Crippen molar-refractivity contribution in [2.24, 2.45) is 7.05 Å². The Balaban J connectivity index is 2.43. The molecule has 0 saturated carbocycles. The second kappa shape index (κ2) is 4.88. The van der Waals surface area contributed by atoms with Crippen molar-refractivity contribution in [3.05, 3.63) is 30.4 Å². The number of methoxy groups -OCH3 is 1. The van der Waals surface area contributed by atoms with Crippen LogP contribution in [0.4, 0.5) is 5.69 Å². The molecule has 102 valence electrons. The van der Waals surface area contributed by atoms with E-state index in [0.29, 0.717) is 11.5 Å². The largest absolute Gasteiger partial charge is 0.495 e. The molecule has 0 spiro atoms. The smallest absolute Gasteiger partial charge is 0.189 e. The van der Waals surface area contributed by atoms with Crippen LogP contribution < -0.4 is 10.5 Å². The van der Waals surface area contributed by atoms with Crippen molar-refractivity contribution in [1.82, 2.24) is 14.8 Å². The van der Waals surface area contributed by atoms with Gasteiger partial charge in [0, 0.05) is 18.8 Å². The predicted octanol–water partition coefficient (Wildman–Crippen LogP) is 0.380. The first-order chi connectivity index (χ1) is 8.94. The molecule has 1 aromatic heterocycles. The van der Waals surface area contributed by atoms with Crippen LogP contribution >= 0.6 is 0 Å². The molecule has 2 aromatic rings. The highest BCUT2D eigenvalue weighted by atomic mass is 32.2. The van der Waals surface area contributed by atoms with Crippen molar-refractivity contribution in [1.29, 1.82) is 0 Å². The summed E-state index contributed by atoms with van der Waals surface area (Å²) in [6.07, 6.45) is 1.31. The third-order valence-corrected chi connectivity index (χ3v) is 4.29. The van der Waals surface area contributed by atoms with Gasteiger partial charge >= 0.3 is 0 Å². The van der Waals surface area contributed by atoms with E-state index in [1.54, 1.807) is 7.05 Å². The Hall–Kier alpha value is -2.09. The van der Waals surface area contributed by atoms with Gasteiger partial charge in [0.05, 0.1) is 7.11 Å². The number of aromatic nitrogens is 3. The van der Waals surface area contributed by atoms with Crippen molar-refractivity contribution < 1.29 is 13.2 Å². The number of hydrogen-bond acceptors (Lipinski definition) is 6. The molecule has 0 aliphatic rings. The molecular weight excluding hydrogens is 268 g/mol. The zero-order valence-corrected chi connectivity index (χ0v) is 11.4. The summed E-state index contributed by atoms with van der Waals surface area (Å²) in [5, 5.41) is 3.84. The van der Waals surface area contributed by atoms with Crippen molar-refractivity contribution in [2.75, 3.05) is 12.8 Å². The van der Waals surface area contributed by atoms with Gasteiger partial charge < -0.3 is 10.5 Å². The Morgan fingerprint density at radius 3 is 2.74 bits per heavy atom. The van der Waals surface area contributed by atoms with Crippen LogP contribution in [0.2, 0.25) is 0 Å². The lowest BCUT2D eigenvalue weighted by molar-refractivity contribution is 0.403. The summed E-state index contributed by atoms with van der Waals surface area (Å²) >= 11 is 0. The van der Waals surface area contributed by atoms with E-state index in [-0.39, 0.29) is 16.4 Å². The lowest BCUT2D eigenvalue weighted by Crippen LogP contribution is -2.11. The highest BCUT2D eigenvalue weighted by Crippen LogP contribution is 2.28. The van der Waals surface area contributed by atoms with Crippen LogP contribution in [0.25, 0.3) is 0 Å². The second-order valence-electron chi connectivity index (χ2n) is 3.97. The Morgan fingerprint density at radius 1 is 1.42 bits per heavy atom. The fourth-order valence-corrected chi connectivity index (χ4v) is 3.12. The number of rotatable bonds is 4. The van der Waals surface area contributed by atoms with E-state index in [1.807, 2.05) is 0 Å². The zero-order valence-electron chi connectivity index (χ0n) is 10.6. The summed E-state index contributed by atoms with van der Waals surface area (Å²) in [6.45, 7) is 0. The van der Waals surface area contributed by atoms with Gasteiger partial charge in [0.1, 0.15) is 28.5 Å². The Morgan fingerprint density at radius 2 is 2.16 bits per heavy atom. The van der Waals surface area contributed by atoms with E-state index < -0.39 is 9.84 Å². The SMILES string of the molecule is COc1cc(N)ccc1S(=O)(=O)Cc1ncnn1C. The minimum Gasteiger partial charge on any atom is -0.495 e. The Kier molecular flexibility index (Phi) is 3.43. The molecule has 1 heterocycles. The average Bonchev–Trinajstić information content (AvgIpc) is 2.74. The average molecular weight is 282 g/mol. The van der Waals surface area contributed by atoms with Crippen LogP contribution in [0.1, 0.15) is 5.82 Å². The summed E-state index contributed by atoms with van der Waals surface area (Å²) in [5.74, 6) is 0.338. The van der Waals surface area contributed by atoms with Crippen LogP contribution in [0.5, 0.6) is 5.75 Å².